The van der Waals surface area contributed by atoms with Gasteiger partial charge in [0.1, 0.15) is 0 Å². The normalized spacial score (nSPS) is 14.1. The van der Waals surface area contributed by atoms with Crippen molar-refractivity contribution in [3.8, 4) is 0 Å². The van der Waals surface area contributed by atoms with Crippen molar-refractivity contribution >= 4 is 10.4 Å². The predicted octanol–water partition coefficient (Wildman–Crippen LogP) is 4.66. The van der Waals surface area contributed by atoms with E-state index in [-0.39, 0.29) is 6.10 Å². The molecule has 3 N–H and O–H groups in total. The van der Waals surface area contributed by atoms with Gasteiger partial charge in [0.15, 0.2) is 0 Å². The van der Waals surface area contributed by atoms with Gasteiger partial charge in [-0.2, -0.15) is 8.42 Å². The Morgan fingerprint density at radius 3 is 1.55 bits per heavy atom. The second-order valence-electron chi connectivity index (χ2n) is 6.25. The third-order valence-electron chi connectivity index (χ3n) is 3.54. The summed E-state index contributed by atoms with van der Waals surface area (Å²) in [6.45, 7) is 6.43. The van der Waals surface area contributed by atoms with E-state index >= 15 is 0 Å². The van der Waals surface area contributed by atoms with E-state index < -0.39 is 10.4 Å². The molecular weight excluding hydrogens is 304 g/mol. The molecule has 0 rings (SSSR count). The van der Waals surface area contributed by atoms with Crippen molar-refractivity contribution in [2.24, 2.45) is 5.92 Å². The van der Waals surface area contributed by atoms with Crippen LogP contribution in [0.4, 0.5) is 0 Å². The minimum absolute atomic E-state index is 0.122. The minimum Gasteiger partial charge on any atom is -0.393 e. The lowest BCUT2D eigenvalue weighted by atomic mass is 9.97. The van der Waals surface area contributed by atoms with Crippen LogP contribution in [0.25, 0.3) is 0 Å². The van der Waals surface area contributed by atoms with Crippen molar-refractivity contribution in [2.75, 3.05) is 0 Å². The second-order valence-corrected chi connectivity index (χ2v) is 7.15. The van der Waals surface area contributed by atoms with E-state index in [9.17, 15) is 5.11 Å². The van der Waals surface area contributed by atoms with Gasteiger partial charge >= 0.3 is 10.4 Å². The Balaban J connectivity index is 0. The highest BCUT2D eigenvalue weighted by Gasteiger charge is 2.05. The molecule has 0 heterocycles. The van der Waals surface area contributed by atoms with Crippen molar-refractivity contribution in [3.63, 3.8) is 0 Å². The average Bonchev–Trinajstić information content (AvgIpc) is 2.34. The number of unbranched alkanes of at least 4 members (excludes halogenated alkanes) is 8. The van der Waals surface area contributed by atoms with Gasteiger partial charge < -0.3 is 5.11 Å². The van der Waals surface area contributed by atoms with Crippen LogP contribution in [0.5, 0.6) is 0 Å². The van der Waals surface area contributed by atoms with Gasteiger partial charge in [0.05, 0.1) is 6.10 Å². The molecule has 0 radical (unpaired) electrons. The molecule has 0 fully saturated rings. The molecular formula is C16H36O5S. The molecule has 22 heavy (non-hydrogen) atoms. The molecule has 2 unspecified atom stereocenters. The number of hydrogen-bond acceptors (Lipinski definition) is 3. The van der Waals surface area contributed by atoms with Crippen LogP contribution < -0.4 is 0 Å². The first kappa shape index (κ1) is 24.1. The van der Waals surface area contributed by atoms with E-state index in [0.29, 0.717) is 5.92 Å². The van der Waals surface area contributed by atoms with Gasteiger partial charge in [-0.1, -0.05) is 78.1 Å². The molecule has 0 saturated heterocycles. The molecule has 0 aliphatic rings. The van der Waals surface area contributed by atoms with Crippen molar-refractivity contribution in [2.45, 2.75) is 97.5 Å². The van der Waals surface area contributed by atoms with E-state index in [1.54, 1.807) is 0 Å². The summed E-state index contributed by atoms with van der Waals surface area (Å²) in [5, 5.41) is 9.27. The van der Waals surface area contributed by atoms with Crippen molar-refractivity contribution in [1.82, 2.24) is 0 Å². The van der Waals surface area contributed by atoms with E-state index in [2.05, 4.69) is 13.8 Å². The van der Waals surface area contributed by atoms with Gasteiger partial charge in [0, 0.05) is 0 Å². The van der Waals surface area contributed by atoms with E-state index in [1.165, 1.54) is 64.2 Å². The van der Waals surface area contributed by atoms with Crippen LogP contribution in [-0.4, -0.2) is 28.7 Å². The number of hydrogen-bond donors (Lipinski definition) is 3. The SMILES string of the molecule is CCCCCCCCCCCC(C)CC(C)O.O=S(=O)(O)O. The first-order chi connectivity index (χ1) is 10.2. The maximum absolute atomic E-state index is 9.27. The Hall–Kier alpha value is -0.170. The van der Waals surface area contributed by atoms with Crippen LogP contribution in [0.15, 0.2) is 0 Å². The van der Waals surface area contributed by atoms with Crippen LogP contribution in [-0.2, 0) is 10.4 Å². The molecule has 0 aliphatic carbocycles. The lowest BCUT2D eigenvalue weighted by molar-refractivity contribution is 0.161. The standard InChI is InChI=1S/C16H34O.H2O4S/c1-4-5-6-7-8-9-10-11-12-13-15(2)14-16(3)17;1-5(2,3)4/h15-17H,4-14H2,1-3H3;(H2,1,2,3,4). The quantitative estimate of drug-likeness (QED) is 0.355. The highest BCUT2D eigenvalue weighted by Crippen LogP contribution is 2.16. The van der Waals surface area contributed by atoms with Gasteiger partial charge in [0.2, 0.25) is 0 Å². The lowest BCUT2D eigenvalue weighted by Gasteiger charge is -2.12. The zero-order valence-corrected chi connectivity index (χ0v) is 15.3. The Labute approximate surface area is 137 Å². The van der Waals surface area contributed by atoms with Gasteiger partial charge in [-0.3, -0.25) is 9.11 Å². The third-order valence-corrected chi connectivity index (χ3v) is 3.54. The van der Waals surface area contributed by atoms with Crippen LogP contribution in [0.1, 0.15) is 91.4 Å². The van der Waals surface area contributed by atoms with E-state index in [4.69, 9.17) is 17.5 Å². The van der Waals surface area contributed by atoms with E-state index in [0.717, 1.165) is 6.42 Å². The van der Waals surface area contributed by atoms with Gasteiger partial charge in [-0.25, -0.2) is 0 Å². The molecule has 5 nitrogen and oxygen atoms in total. The Kier molecular flexibility index (Phi) is 17.2. The highest BCUT2D eigenvalue weighted by molar-refractivity contribution is 7.79. The molecule has 2 atom stereocenters. The summed E-state index contributed by atoms with van der Waals surface area (Å²) in [5.74, 6) is 0.694. The van der Waals surface area contributed by atoms with Crippen molar-refractivity contribution in [3.05, 3.63) is 0 Å². The van der Waals surface area contributed by atoms with Crippen LogP contribution in [0.2, 0.25) is 0 Å². The van der Waals surface area contributed by atoms with Gasteiger partial charge in [-0.05, 0) is 19.3 Å². The van der Waals surface area contributed by atoms with Crippen molar-refractivity contribution in [1.29, 1.82) is 0 Å². The number of aliphatic hydroxyl groups excluding tert-OH is 1. The third kappa shape index (κ3) is 32.0. The maximum Gasteiger partial charge on any atom is 0.394 e. The number of rotatable bonds is 12. The summed E-state index contributed by atoms with van der Waals surface area (Å²) >= 11 is 0. The Morgan fingerprint density at radius 2 is 1.18 bits per heavy atom. The molecule has 0 aromatic carbocycles. The molecule has 0 saturated carbocycles. The average molecular weight is 341 g/mol. The lowest BCUT2D eigenvalue weighted by Crippen LogP contribution is -2.06. The zero-order chi connectivity index (χ0) is 17.4. The van der Waals surface area contributed by atoms with Crippen LogP contribution >= 0.6 is 0 Å². The summed E-state index contributed by atoms with van der Waals surface area (Å²) in [4.78, 5) is 0. The summed E-state index contributed by atoms with van der Waals surface area (Å²) < 4.78 is 31.6. The first-order valence-corrected chi connectivity index (χ1v) is 9.94. The second kappa shape index (κ2) is 15.7. The molecule has 0 aromatic heterocycles. The smallest absolute Gasteiger partial charge is 0.393 e. The van der Waals surface area contributed by atoms with Crippen molar-refractivity contribution < 1.29 is 22.6 Å². The maximum atomic E-state index is 9.27. The fourth-order valence-corrected chi connectivity index (χ4v) is 2.50. The first-order valence-electron chi connectivity index (χ1n) is 8.54. The fourth-order valence-electron chi connectivity index (χ4n) is 2.50. The summed E-state index contributed by atoms with van der Waals surface area (Å²) in [5.41, 5.74) is 0. The number of aliphatic hydroxyl groups is 1. The molecule has 0 aromatic rings. The minimum atomic E-state index is -4.67. The molecule has 136 valence electrons. The van der Waals surface area contributed by atoms with Gasteiger partial charge in [0.25, 0.3) is 0 Å². The summed E-state index contributed by atoms with van der Waals surface area (Å²) in [6.07, 6.45) is 14.8. The van der Waals surface area contributed by atoms with Crippen LogP contribution in [0.3, 0.4) is 0 Å². The fraction of sp³-hybridized carbons (Fsp3) is 1.00. The topological polar surface area (TPSA) is 94.8 Å². The summed E-state index contributed by atoms with van der Waals surface area (Å²) in [6, 6.07) is 0. The molecule has 0 bridgehead atoms. The van der Waals surface area contributed by atoms with Crippen LogP contribution in [0, 0.1) is 5.92 Å². The molecule has 0 amide bonds. The van der Waals surface area contributed by atoms with Gasteiger partial charge in [-0.15, -0.1) is 0 Å². The van der Waals surface area contributed by atoms with E-state index in [1.807, 2.05) is 6.92 Å². The molecule has 6 heteroatoms. The predicted molar refractivity (Wildman–Crippen MR) is 91.5 cm³/mol. The monoisotopic (exact) mass is 340 g/mol. The zero-order valence-electron chi connectivity index (χ0n) is 14.5. The Morgan fingerprint density at radius 1 is 0.818 bits per heavy atom. The largest absolute Gasteiger partial charge is 0.394 e. The molecule has 0 spiro atoms. The Bertz CT molecular complexity index is 306. The molecule has 0 aliphatic heterocycles. The summed E-state index contributed by atoms with van der Waals surface area (Å²) in [7, 11) is -4.67. The highest BCUT2D eigenvalue weighted by atomic mass is 32.3.